The molecule has 0 atom stereocenters. The Bertz CT molecular complexity index is 1060. The number of benzene rings is 2. The van der Waals surface area contributed by atoms with Crippen LogP contribution in [0, 0.1) is 0 Å². The van der Waals surface area contributed by atoms with E-state index in [2.05, 4.69) is 15.6 Å². The largest absolute Gasteiger partial charge is 0.497 e. The molecule has 2 amide bonds. The first-order valence-electron chi connectivity index (χ1n) is 10.0. The number of pyridine rings is 1. The lowest BCUT2D eigenvalue weighted by Gasteiger charge is -2.12. The molecular weight excluding hydrogens is 426 g/mol. The van der Waals surface area contributed by atoms with Crippen molar-refractivity contribution in [2.24, 2.45) is 0 Å². The topological polar surface area (TPSA) is 89.5 Å². The van der Waals surface area contributed by atoms with Crippen molar-refractivity contribution in [3.05, 3.63) is 78.0 Å². The summed E-state index contributed by atoms with van der Waals surface area (Å²) in [6, 6.07) is 18.5. The predicted octanol–water partition coefficient (Wildman–Crippen LogP) is 3.80. The summed E-state index contributed by atoms with van der Waals surface area (Å²) in [5.41, 5.74) is 2.14. The maximum atomic E-state index is 12.6. The Morgan fingerprint density at radius 2 is 1.81 bits per heavy atom. The second-order valence-electron chi connectivity index (χ2n) is 6.75. The molecule has 3 aromatic rings. The van der Waals surface area contributed by atoms with Crippen molar-refractivity contribution in [3.63, 3.8) is 0 Å². The van der Waals surface area contributed by atoms with Gasteiger partial charge in [-0.15, -0.1) is 0 Å². The minimum Gasteiger partial charge on any atom is -0.497 e. The van der Waals surface area contributed by atoms with Crippen LogP contribution in [0.25, 0.3) is 0 Å². The monoisotopic (exact) mass is 451 g/mol. The van der Waals surface area contributed by atoms with Gasteiger partial charge in [-0.05, 0) is 36.2 Å². The number of carbonyl (C=O) groups excluding carboxylic acids is 2. The second-order valence-corrected chi connectivity index (χ2v) is 7.71. The van der Waals surface area contributed by atoms with Gasteiger partial charge in [0, 0.05) is 18.8 Å². The summed E-state index contributed by atoms with van der Waals surface area (Å²) in [5, 5.41) is 6.24. The third kappa shape index (κ3) is 6.49. The van der Waals surface area contributed by atoms with Crippen molar-refractivity contribution in [1.82, 2.24) is 10.3 Å². The van der Waals surface area contributed by atoms with Crippen LogP contribution in [0.5, 0.6) is 11.5 Å². The Kier molecular flexibility index (Phi) is 8.51. The van der Waals surface area contributed by atoms with Crippen LogP contribution >= 0.6 is 11.8 Å². The molecule has 3 rings (SSSR count). The van der Waals surface area contributed by atoms with Gasteiger partial charge in [-0.25, -0.2) is 4.98 Å². The molecule has 166 valence electrons. The van der Waals surface area contributed by atoms with Crippen molar-refractivity contribution in [1.29, 1.82) is 0 Å². The number of nitrogens with one attached hydrogen (secondary N) is 2. The van der Waals surface area contributed by atoms with E-state index >= 15 is 0 Å². The number of carbonyl (C=O) groups is 2. The van der Waals surface area contributed by atoms with Crippen LogP contribution in [0.4, 0.5) is 5.69 Å². The van der Waals surface area contributed by atoms with Crippen LogP contribution in [0.1, 0.15) is 15.9 Å². The van der Waals surface area contributed by atoms with Crippen LogP contribution in [-0.4, -0.2) is 43.3 Å². The Balaban J connectivity index is 1.56. The van der Waals surface area contributed by atoms with E-state index in [0.29, 0.717) is 34.3 Å². The molecule has 2 N–H and O–H groups in total. The summed E-state index contributed by atoms with van der Waals surface area (Å²) in [5.74, 6) is 0.772. The lowest BCUT2D eigenvalue weighted by atomic mass is 10.1. The van der Waals surface area contributed by atoms with Gasteiger partial charge in [0.25, 0.3) is 5.91 Å². The molecule has 0 aliphatic rings. The second kappa shape index (κ2) is 11.8. The summed E-state index contributed by atoms with van der Waals surface area (Å²) in [6.07, 6.45) is 2.34. The molecule has 0 fully saturated rings. The minimum atomic E-state index is -0.237. The minimum absolute atomic E-state index is 0.0937. The molecule has 0 radical (unpaired) electrons. The predicted molar refractivity (Wildman–Crippen MR) is 126 cm³/mol. The number of methoxy groups -OCH3 is 2. The molecule has 0 saturated heterocycles. The molecule has 0 bridgehead atoms. The summed E-state index contributed by atoms with van der Waals surface area (Å²) in [7, 11) is 3.09. The van der Waals surface area contributed by atoms with E-state index in [1.54, 1.807) is 43.6 Å². The van der Waals surface area contributed by atoms with Crippen molar-refractivity contribution >= 4 is 29.3 Å². The van der Waals surface area contributed by atoms with E-state index in [4.69, 9.17) is 9.47 Å². The van der Waals surface area contributed by atoms with Gasteiger partial charge in [0.15, 0.2) is 0 Å². The molecule has 0 aliphatic carbocycles. The zero-order valence-electron chi connectivity index (χ0n) is 18.0. The highest BCUT2D eigenvalue weighted by atomic mass is 32.2. The number of aromatic nitrogens is 1. The van der Waals surface area contributed by atoms with Crippen molar-refractivity contribution in [2.75, 3.05) is 31.8 Å². The quantitative estimate of drug-likeness (QED) is 0.456. The fraction of sp³-hybridized carbons (Fsp3) is 0.208. The molecule has 7 nitrogen and oxygen atoms in total. The maximum Gasteiger partial charge on any atom is 0.254 e. The van der Waals surface area contributed by atoms with Gasteiger partial charge >= 0.3 is 0 Å². The molecule has 1 aromatic heterocycles. The zero-order chi connectivity index (χ0) is 22.8. The number of nitrogens with zero attached hydrogens (tertiary/aromatic N) is 1. The van der Waals surface area contributed by atoms with Gasteiger partial charge in [0.2, 0.25) is 5.91 Å². The molecule has 0 unspecified atom stereocenters. The SMILES string of the molecule is COc1ccc(NC(=O)CSc2ncccc2C(=O)NCCc2ccccc2)c(OC)c1. The highest BCUT2D eigenvalue weighted by Gasteiger charge is 2.15. The van der Waals surface area contributed by atoms with Gasteiger partial charge < -0.3 is 20.1 Å². The Morgan fingerprint density at radius 1 is 1.00 bits per heavy atom. The summed E-state index contributed by atoms with van der Waals surface area (Å²) in [6.45, 7) is 0.513. The number of rotatable bonds is 10. The van der Waals surface area contributed by atoms with Crippen LogP contribution in [-0.2, 0) is 11.2 Å². The van der Waals surface area contributed by atoms with E-state index in [9.17, 15) is 9.59 Å². The van der Waals surface area contributed by atoms with E-state index in [-0.39, 0.29) is 17.6 Å². The van der Waals surface area contributed by atoms with Gasteiger partial charge in [0.1, 0.15) is 16.5 Å². The normalized spacial score (nSPS) is 10.3. The number of thioether (sulfide) groups is 1. The molecule has 0 saturated carbocycles. The zero-order valence-corrected chi connectivity index (χ0v) is 18.8. The van der Waals surface area contributed by atoms with Crippen LogP contribution in [0.15, 0.2) is 71.9 Å². The van der Waals surface area contributed by atoms with Crippen LogP contribution in [0.2, 0.25) is 0 Å². The summed E-state index contributed by atoms with van der Waals surface area (Å²) in [4.78, 5) is 29.4. The number of ether oxygens (including phenoxy) is 2. The first kappa shape index (κ1) is 23.1. The van der Waals surface area contributed by atoms with E-state index < -0.39 is 0 Å². The van der Waals surface area contributed by atoms with E-state index in [1.807, 2.05) is 30.3 Å². The lowest BCUT2D eigenvalue weighted by molar-refractivity contribution is -0.113. The molecule has 2 aromatic carbocycles. The number of amides is 2. The number of hydrogen-bond acceptors (Lipinski definition) is 6. The molecular formula is C24H25N3O4S. The summed E-state index contributed by atoms with van der Waals surface area (Å²) >= 11 is 1.20. The fourth-order valence-corrected chi connectivity index (χ4v) is 3.75. The molecule has 0 aliphatic heterocycles. The summed E-state index contributed by atoms with van der Waals surface area (Å²) < 4.78 is 10.5. The van der Waals surface area contributed by atoms with Gasteiger partial charge in [-0.1, -0.05) is 42.1 Å². The smallest absolute Gasteiger partial charge is 0.254 e. The molecule has 1 heterocycles. The Hall–Kier alpha value is -3.52. The first-order chi connectivity index (χ1) is 15.6. The first-order valence-corrected chi connectivity index (χ1v) is 11.0. The number of hydrogen-bond donors (Lipinski definition) is 2. The Morgan fingerprint density at radius 3 is 2.56 bits per heavy atom. The number of anilines is 1. The van der Waals surface area contributed by atoms with Gasteiger partial charge in [-0.2, -0.15) is 0 Å². The van der Waals surface area contributed by atoms with Crippen LogP contribution < -0.4 is 20.1 Å². The Labute approximate surface area is 191 Å². The molecule has 32 heavy (non-hydrogen) atoms. The van der Waals surface area contributed by atoms with Gasteiger partial charge in [-0.3, -0.25) is 9.59 Å². The van der Waals surface area contributed by atoms with E-state index in [0.717, 1.165) is 12.0 Å². The van der Waals surface area contributed by atoms with Crippen molar-refractivity contribution in [2.45, 2.75) is 11.4 Å². The molecule has 0 spiro atoms. The van der Waals surface area contributed by atoms with Crippen LogP contribution in [0.3, 0.4) is 0 Å². The standard InChI is InChI=1S/C24H25N3O4S/c1-30-18-10-11-20(21(15-18)31-2)27-22(28)16-32-24-19(9-6-13-26-24)23(29)25-14-12-17-7-4-3-5-8-17/h3-11,13,15H,12,14,16H2,1-2H3,(H,25,29)(H,27,28). The fourth-order valence-electron chi connectivity index (χ4n) is 2.96. The average molecular weight is 452 g/mol. The molecule has 8 heteroatoms. The third-order valence-electron chi connectivity index (χ3n) is 4.58. The van der Waals surface area contributed by atoms with E-state index in [1.165, 1.54) is 18.9 Å². The van der Waals surface area contributed by atoms with Crippen molar-refractivity contribution < 1.29 is 19.1 Å². The highest BCUT2D eigenvalue weighted by Crippen LogP contribution is 2.29. The highest BCUT2D eigenvalue weighted by molar-refractivity contribution is 8.00. The lowest BCUT2D eigenvalue weighted by Crippen LogP contribution is -2.26. The van der Waals surface area contributed by atoms with Crippen molar-refractivity contribution in [3.8, 4) is 11.5 Å². The maximum absolute atomic E-state index is 12.6. The van der Waals surface area contributed by atoms with Gasteiger partial charge in [0.05, 0.1) is 31.2 Å². The average Bonchev–Trinajstić information content (AvgIpc) is 2.83. The third-order valence-corrected chi connectivity index (χ3v) is 5.59.